The first-order valence-corrected chi connectivity index (χ1v) is 4.31. The van der Waals surface area contributed by atoms with E-state index in [9.17, 15) is 10.1 Å². The van der Waals surface area contributed by atoms with Crippen LogP contribution in [-0.4, -0.2) is 12.0 Å². The molecule has 0 fully saturated rings. The smallest absolute Gasteiger partial charge is 0.285 e. The fourth-order valence-corrected chi connectivity index (χ4v) is 1.41. The van der Waals surface area contributed by atoms with Crippen LogP contribution < -0.4 is 4.74 Å². The Morgan fingerprint density at radius 1 is 1.64 bits per heavy atom. The molecule has 0 aromatic heterocycles. The zero-order valence-corrected chi connectivity index (χ0v) is 8.74. The Bertz CT molecular complexity index is 425. The minimum absolute atomic E-state index is 0.141. The summed E-state index contributed by atoms with van der Waals surface area (Å²) in [5.74, 6) is 0.310. The van der Waals surface area contributed by atoms with Gasteiger partial charge in [-0.3, -0.25) is 10.1 Å². The predicted octanol–water partition coefficient (Wildman–Crippen LogP) is 2.24. The molecule has 1 rings (SSSR count). The summed E-state index contributed by atoms with van der Waals surface area (Å²) in [7, 11) is 1.40. The molecule has 0 atom stereocenters. The lowest BCUT2D eigenvalue weighted by Gasteiger charge is -2.03. The molecule has 0 bridgehead atoms. The molecular formula is C8H5BrN2O3. The van der Waals surface area contributed by atoms with Crippen molar-refractivity contribution in [2.24, 2.45) is 0 Å². The van der Waals surface area contributed by atoms with Gasteiger partial charge in [-0.25, -0.2) is 0 Å². The zero-order valence-electron chi connectivity index (χ0n) is 7.15. The molecule has 0 radical (unpaired) electrons. The first kappa shape index (κ1) is 10.5. The number of nitriles is 1. The van der Waals surface area contributed by atoms with Crippen LogP contribution >= 0.6 is 15.9 Å². The lowest BCUT2D eigenvalue weighted by Crippen LogP contribution is -1.93. The maximum atomic E-state index is 10.5. The van der Waals surface area contributed by atoms with E-state index >= 15 is 0 Å². The number of nitrogens with zero attached hydrogens (tertiary/aromatic N) is 2. The average molecular weight is 257 g/mol. The zero-order chi connectivity index (χ0) is 10.7. The molecule has 0 heterocycles. The van der Waals surface area contributed by atoms with E-state index in [-0.39, 0.29) is 11.3 Å². The highest BCUT2D eigenvalue weighted by Gasteiger charge is 2.16. The third kappa shape index (κ3) is 1.83. The largest absolute Gasteiger partial charge is 0.495 e. The molecule has 1 aromatic rings. The van der Waals surface area contributed by atoms with Crippen molar-refractivity contribution in [3.63, 3.8) is 0 Å². The summed E-state index contributed by atoms with van der Waals surface area (Å²) in [5.41, 5.74) is -0.00949. The van der Waals surface area contributed by atoms with Gasteiger partial charge >= 0.3 is 0 Å². The van der Waals surface area contributed by atoms with Crippen molar-refractivity contribution in [1.82, 2.24) is 0 Å². The molecule has 0 saturated heterocycles. The van der Waals surface area contributed by atoms with E-state index in [0.29, 0.717) is 10.2 Å². The lowest BCUT2D eigenvalue weighted by molar-refractivity contribution is -0.385. The minimum atomic E-state index is -0.565. The summed E-state index contributed by atoms with van der Waals surface area (Å²) in [4.78, 5) is 9.95. The number of benzene rings is 1. The summed E-state index contributed by atoms with van der Waals surface area (Å²) in [6, 6.07) is 4.39. The van der Waals surface area contributed by atoms with Crippen LogP contribution in [0.1, 0.15) is 5.56 Å². The van der Waals surface area contributed by atoms with Crippen LogP contribution in [-0.2, 0) is 0 Å². The summed E-state index contributed by atoms with van der Waals surface area (Å²) in [5, 5.41) is 19.2. The summed E-state index contributed by atoms with van der Waals surface area (Å²) < 4.78 is 5.17. The molecule has 1 aromatic carbocycles. The van der Waals surface area contributed by atoms with E-state index in [1.807, 2.05) is 6.07 Å². The Morgan fingerprint density at radius 3 is 2.71 bits per heavy atom. The number of rotatable bonds is 2. The van der Waals surface area contributed by atoms with E-state index in [0.717, 1.165) is 0 Å². The van der Waals surface area contributed by atoms with E-state index in [4.69, 9.17) is 10.00 Å². The topological polar surface area (TPSA) is 76.2 Å². The van der Waals surface area contributed by atoms with Gasteiger partial charge in [0.05, 0.1) is 16.5 Å². The van der Waals surface area contributed by atoms with Crippen LogP contribution in [0.25, 0.3) is 0 Å². The molecule has 5 nitrogen and oxygen atoms in total. The van der Waals surface area contributed by atoms with Crippen molar-refractivity contribution in [2.45, 2.75) is 0 Å². The Kier molecular flexibility index (Phi) is 3.04. The number of halogens is 1. The van der Waals surface area contributed by atoms with Gasteiger partial charge in [-0.15, -0.1) is 0 Å². The Morgan fingerprint density at radius 2 is 2.29 bits per heavy atom. The Balaban J connectivity index is 3.40. The number of nitro groups is 1. The fourth-order valence-electron chi connectivity index (χ4n) is 0.940. The molecule has 0 amide bonds. The summed E-state index contributed by atoms with van der Waals surface area (Å²) >= 11 is 3.02. The van der Waals surface area contributed by atoms with Crippen LogP contribution in [0.5, 0.6) is 5.75 Å². The van der Waals surface area contributed by atoms with Gasteiger partial charge < -0.3 is 4.74 Å². The maximum Gasteiger partial charge on any atom is 0.285 e. The number of ether oxygens (including phenoxy) is 1. The Labute approximate surface area is 88.2 Å². The third-order valence-electron chi connectivity index (χ3n) is 1.59. The second-order valence-corrected chi connectivity index (χ2v) is 3.23. The van der Waals surface area contributed by atoms with Crippen molar-refractivity contribution in [1.29, 1.82) is 5.26 Å². The van der Waals surface area contributed by atoms with Crippen molar-refractivity contribution in [2.75, 3.05) is 7.11 Å². The van der Waals surface area contributed by atoms with Crippen molar-refractivity contribution >= 4 is 21.6 Å². The van der Waals surface area contributed by atoms with Crippen LogP contribution in [0.2, 0.25) is 0 Å². The maximum absolute atomic E-state index is 10.5. The molecule has 0 spiro atoms. The summed E-state index contributed by atoms with van der Waals surface area (Å²) in [6.45, 7) is 0. The highest BCUT2D eigenvalue weighted by atomic mass is 79.9. The quantitative estimate of drug-likeness (QED) is 0.601. The monoisotopic (exact) mass is 256 g/mol. The third-order valence-corrected chi connectivity index (χ3v) is 2.22. The SMILES string of the molecule is COc1cc(Br)c([N+](=O)[O-])cc1C#N. The highest BCUT2D eigenvalue weighted by Crippen LogP contribution is 2.31. The van der Waals surface area contributed by atoms with Crippen molar-refractivity contribution in [3.8, 4) is 11.8 Å². The van der Waals surface area contributed by atoms with Crippen molar-refractivity contribution < 1.29 is 9.66 Å². The standard InChI is InChI=1S/C8H5BrN2O3/c1-14-8-3-6(9)7(11(12)13)2-5(8)4-10/h2-3H,1H3. The van der Waals surface area contributed by atoms with E-state index < -0.39 is 4.92 Å². The lowest BCUT2D eigenvalue weighted by atomic mass is 10.2. The van der Waals surface area contributed by atoms with Gasteiger partial charge in [0.15, 0.2) is 0 Å². The number of nitro benzene ring substituents is 1. The molecule has 0 aliphatic heterocycles. The van der Waals surface area contributed by atoms with Gasteiger partial charge in [-0.2, -0.15) is 5.26 Å². The molecule has 0 aliphatic rings. The van der Waals surface area contributed by atoms with Gasteiger partial charge in [-0.1, -0.05) is 0 Å². The van der Waals surface area contributed by atoms with E-state index in [1.54, 1.807) is 0 Å². The van der Waals surface area contributed by atoms with Gasteiger partial charge in [-0.05, 0) is 15.9 Å². The van der Waals surface area contributed by atoms with Gasteiger partial charge in [0.25, 0.3) is 5.69 Å². The average Bonchev–Trinajstić information content (AvgIpc) is 2.16. The second-order valence-electron chi connectivity index (χ2n) is 2.37. The Hall–Kier alpha value is -1.61. The molecule has 14 heavy (non-hydrogen) atoms. The van der Waals surface area contributed by atoms with Gasteiger partial charge in [0.1, 0.15) is 17.4 Å². The minimum Gasteiger partial charge on any atom is -0.495 e. The first-order valence-electron chi connectivity index (χ1n) is 3.52. The first-order chi connectivity index (χ1) is 6.60. The highest BCUT2D eigenvalue weighted by molar-refractivity contribution is 9.10. The summed E-state index contributed by atoms with van der Waals surface area (Å²) in [6.07, 6.45) is 0. The van der Waals surface area contributed by atoms with Gasteiger partial charge in [0, 0.05) is 12.1 Å². The number of hydrogen-bond acceptors (Lipinski definition) is 4. The fraction of sp³-hybridized carbons (Fsp3) is 0.125. The molecule has 72 valence electrons. The molecule has 6 heteroatoms. The van der Waals surface area contributed by atoms with E-state index in [2.05, 4.69) is 15.9 Å². The van der Waals surface area contributed by atoms with Crippen LogP contribution in [0.4, 0.5) is 5.69 Å². The molecule has 0 N–H and O–H groups in total. The molecular weight excluding hydrogens is 252 g/mol. The normalized spacial score (nSPS) is 9.21. The van der Waals surface area contributed by atoms with Crippen molar-refractivity contribution in [3.05, 3.63) is 32.3 Å². The van der Waals surface area contributed by atoms with Crippen LogP contribution in [0.3, 0.4) is 0 Å². The molecule has 0 aliphatic carbocycles. The van der Waals surface area contributed by atoms with Gasteiger partial charge in [0.2, 0.25) is 0 Å². The molecule has 0 unspecified atom stereocenters. The van der Waals surface area contributed by atoms with Crippen LogP contribution in [0, 0.1) is 21.4 Å². The predicted molar refractivity (Wildman–Crippen MR) is 52.1 cm³/mol. The van der Waals surface area contributed by atoms with E-state index in [1.165, 1.54) is 19.2 Å². The second kappa shape index (κ2) is 4.07. The number of hydrogen-bond donors (Lipinski definition) is 0. The van der Waals surface area contributed by atoms with Crippen LogP contribution in [0.15, 0.2) is 16.6 Å². The molecule has 0 saturated carbocycles. The number of methoxy groups -OCH3 is 1.